The summed E-state index contributed by atoms with van der Waals surface area (Å²) in [7, 11) is 0. The molecule has 1 aromatic carbocycles. The molecule has 0 radical (unpaired) electrons. The van der Waals surface area contributed by atoms with Gasteiger partial charge in [0.25, 0.3) is 0 Å². The molecule has 90 valence electrons. The van der Waals surface area contributed by atoms with Crippen molar-refractivity contribution in [2.75, 3.05) is 0 Å². The fraction of sp³-hybridized carbons (Fsp3) is 0.267. The Bertz CT molecular complexity index is 409. The van der Waals surface area contributed by atoms with Crippen LogP contribution in [0, 0.1) is 6.92 Å². The molecule has 0 atom stereocenters. The lowest BCUT2D eigenvalue weighted by Crippen LogP contribution is -1.96. The summed E-state index contributed by atoms with van der Waals surface area (Å²) in [5.74, 6) is 0.671. The Hall–Kier alpha value is -1.83. The summed E-state index contributed by atoms with van der Waals surface area (Å²) in [5.41, 5.74) is 2.29. The van der Waals surface area contributed by atoms with Crippen LogP contribution in [0.5, 0.6) is 5.88 Å². The van der Waals surface area contributed by atoms with Gasteiger partial charge in [0.05, 0.1) is 0 Å². The first-order valence-electron chi connectivity index (χ1n) is 5.94. The van der Waals surface area contributed by atoms with E-state index in [1.165, 1.54) is 0 Å². The molecule has 0 aliphatic rings. The standard InChI is InChI=1S/C13H13NO.C2H6/c1-11-7-8-13(14-9-11)15-10-12-5-3-2-4-6-12;1-2/h2-9H,10H2,1H3;1-2H3. The average molecular weight is 229 g/mol. The molecule has 0 spiro atoms. The normalized spacial score (nSPS) is 9.12. The van der Waals surface area contributed by atoms with Gasteiger partial charge in [-0.25, -0.2) is 4.98 Å². The minimum Gasteiger partial charge on any atom is -0.473 e. The molecule has 0 saturated carbocycles. The molecular formula is C15H19NO. The second-order valence-corrected chi connectivity index (χ2v) is 3.45. The van der Waals surface area contributed by atoms with Crippen molar-refractivity contribution in [1.82, 2.24) is 4.98 Å². The number of benzene rings is 1. The molecule has 0 aliphatic carbocycles. The van der Waals surface area contributed by atoms with E-state index in [4.69, 9.17) is 4.74 Å². The maximum Gasteiger partial charge on any atom is 0.213 e. The summed E-state index contributed by atoms with van der Waals surface area (Å²) in [4.78, 5) is 4.17. The molecule has 2 aromatic rings. The molecule has 0 fully saturated rings. The monoisotopic (exact) mass is 229 g/mol. The SMILES string of the molecule is CC.Cc1ccc(OCc2ccccc2)nc1. The van der Waals surface area contributed by atoms with Crippen molar-refractivity contribution in [1.29, 1.82) is 0 Å². The first-order valence-corrected chi connectivity index (χ1v) is 5.94. The summed E-state index contributed by atoms with van der Waals surface area (Å²) in [6.45, 7) is 6.57. The summed E-state index contributed by atoms with van der Waals surface area (Å²) >= 11 is 0. The van der Waals surface area contributed by atoms with Crippen LogP contribution < -0.4 is 4.74 Å². The Morgan fingerprint density at radius 1 is 1.00 bits per heavy atom. The molecule has 17 heavy (non-hydrogen) atoms. The molecule has 2 rings (SSSR count). The van der Waals surface area contributed by atoms with Gasteiger partial charge >= 0.3 is 0 Å². The zero-order chi connectivity index (χ0) is 12.5. The number of aromatic nitrogens is 1. The van der Waals surface area contributed by atoms with Crippen LogP contribution in [0.25, 0.3) is 0 Å². The largest absolute Gasteiger partial charge is 0.473 e. The molecule has 0 aliphatic heterocycles. The molecule has 1 heterocycles. The molecule has 2 nitrogen and oxygen atoms in total. The number of ether oxygens (including phenoxy) is 1. The maximum atomic E-state index is 5.54. The van der Waals surface area contributed by atoms with Gasteiger partial charge in [0, 0.05) is 12.3 Å². The van der Waals surface area contributed by atoms with Crippen molar-refractivity contribution in [3.63, 3.8) is 0 Å². The fourth-order valence-electron chi connectivity index (χ4n) is 1.27. The van der Waals surface area contributed by atoms with Gasteiger partial charge in [0.1, 0.15) is 6.61 Å². The van der Waals surface area contributed by atoms with E-state index in [9.17, 15) is 0 Å². The van der Waals surface area contributed by atoms with Crippen molar-refractivity contribution in [3.8, 4) is 5.88 Å². The van der Waals surface area contributed by atoms with Crippen LogP contribution in [-0.4, -0.2) is 4.98 Å². The van der Waals surface area contributed by atoms with Gasteiger partial charge in [-0.1, -0.05) is 50.2 Å². The second kappa shape index (κ2) is 7.44. The van der Waals surface area contributed by atoms with Gasteiger partial charge in [0.15, 0.2) is 0 Å². The van der Waals surface area contributed by atoms with Crippen molar-refractivity contribution < 1.29 is 4.74 Å². The molecule has 0 bridgehead atoms. The molecule has 1 aromatic heterocycles. The zero-order valence-corrected chi connectivity index (χ0v) is 10.7. The molecule has 0 unspecified atom stereocenters. The van der Waals surface area contributed by atoms with Crippen molar-refractivity contribution >= 4 is 0 Å². The number of nitrogens with zero attached hydrogens (tertiary/aromatic N) is 1. The van der Waals surface area contributed by atoms with Crippen molar-refractivity contribution in [3.05, 3.63) is 59.8 Å². The van der Waals surface area contributed by atoms with E-state index in [2.05, 4.69) is 4.98 Å². The number of aryl methyl sites for hydroxylation is 1. The molecular weight excluding hydrogens is 210 g/mol. The topological polar surface area (TPSA) is 22.1 Å². The summed E-state index contributed by atoms with van der Waals surface area (Å²) in [6.07, 6.45) is 1.81. The third-order valence-corrected chi connectivity index (χ3v) is 2.11. The van der Waals surface area contributed by atoms with Crippen LogP contribution in [0.15, 0.2) is 48.7 Å². The summed E-state index contributed by atoms with van der Waals surface area (Å²) in [5, 5.41) is 0. The lowest BCUT2D eigenvalue weighted by molar-refractivity contribution is 0.294. The Morgan fingerprint density at radius 2 is 1.71 bits per heavy atom. The van der Waals surface area contributed by atoms with Gasteiger partial charge in [-0.3, -0.25) is 0 Å². The zero-order valence-electron chi connectivity index (χ0n) is 10.7. The van der Waals surface area contributed by atoms with Gasteiger partial charge in [0.2, 0.25) is 5.88 Å². The van der Waals surface area contributed by atoms with E-state index < -0.39 is 0 Å². The molecule has 0 amide bonds. The van der Waals surface area contributed by atoms with Crippen LogP contribution in [0.2, 0.25) is 0 Å². The fourth-order valence-corrected chi connectivity index (χ4v) is 1.27. The van der Waals surface area contributed by atoms with Crippen molar-refractivity contribution in [2.45, 2.75) is 27.4 Å². The minimum absolute atomic E-state index is 0.566. The number of hydrogen-bond acceptors (Lipinski definition) is 2. The Morgan fingerprint density at radius 3 is 2.29 bits per heavy atom. The highest BCUT2D eigenvalue weighted by Gasteiger charge is 1.95. The van der Waals surface area contributed by atoms with E-state index in [0.717, 1.165) is 11.1 Å². The van der Waals surface area contributed by atoms with Crippen LogP contribution in [0.1, 0.15) is 25.0 Å². The Labute approximate surface area is 103 Å². The van der Waals surface area contributed by atoms with Gasteiger partial charge in [-0.2, -0.15) is 0 Å². The third-order valence-electron chi connectivity index (χ3n) is 2.11. The summed E-state index contributed by atoms with van der Waals surface area (Å²) in [6, 6.07) is 13.9. The lowest BCUT2D eigenvalue weighted by atomic mass is 10.2. The highest BCUT2D eigenvalue weighted by Crippen LogP contribution is 2.09. The van der Waals surface area contributed by atoms with Gasteiger partial charge in [-0.05, 0) is 18.1 Å². The van der Waals surface area contributed by atoms with E-state index in [0.29, 0.717) is 12.5 Å². The van der Waals surface area contributed by atoms with Crippen LogP contribution >= 0.6 is 0 Å². The maximum absolute atomic E-state index is 5.54. The molecule has 0 N–H and O–H groups in total. The smallest absolute Gasteiger partial charge is 0.213 e. The predicted molar refractivity (Wildman–Crippen MR) is 71.1 cm³/mol. The Balaban J connectivity index is 0.000000686. The molecule has 0 saturated heterocycles. The van der Waals surface area contributed by atoms with E-state index in [-0.39, 0.29) is 0 Å². The highest BCUT2D eigenvalue weighted by atomic mass is 16.5. The van der Waals surface area contributed by atoms with E-state index >= 15 is 0 Å². The summed E-state index contributed by atoms with van der Waals surface area (Å²) < 4.78 is 5.54. The third kappa shape index (κ3) is 4.68. The molecule has 2 heteroatoms. The number of pyridine rings is 1. The predicted octanol–water partition coefficient (Wildman–Crippen LogP) is 4.00. The first kappa shape index (κ1) is 13.2. The average Bonchev–Trinajstić information content (AvgIpc) is 2.42. The van der Waals surface area contributed by atoms with E-state index in [1.54, 1.807) is 6.20 Å². The lowest BCUT2D eigenvalue weighted by Gasteiger charge is -2.04. The first-order chi connectivity index (χ1) is 8.34. The van der Waals surface area contributed by atoms with E-state index in [1.807, 2.05) is 63.2 Å². The van der Waals surface area contributed by atoms with Gasteiger partial charge in [-0.15, -0.1) is 0 Å². The highest BCUT2D eigenvalue weighted by molar-refractivity contribution is 5.18. The minimum atomic E-state index is 0.566. The van der Waals surface area contributed by atoms with Crippen LogP contribution in [-0.2, 0) is 6.61 Å². The second-order valence-electron chi connectivity index (χ2n) is 3.45. The number of hydrogen-bond donors (Lipinski definition) is 0. The Kier molecular flexibility index (Phi) is 5.80. The quantitative estimate of drug-likeness (QED) is 0.793. The number of rotatable bonds is 3. The van der Waals surface area contributed by atoms with Crippen LogP contribution in [0.3, 0.4) is 0 Å². The van der Waals surface area contributed by atoms with Crippen molar-refractivity contribution in [2.24, 2.45) is 0 Å². The van der Waals surface area contributed by atoms with Crippen LogP contribution in [0.4, 0.5) is 0 Å². The van der Waals surface area contributed by atoms with Gasteiger partial charge < -0.3 is 4.74 Å².